The third-order valence-corrected chi connectivity index (χ3v) is 3.86. The molecule has 0 saturated heterocycles. The molecule has 90 valence electrons. The molecular formula is C14H17NOS. The lowest BCUT2D eigenvalue weighted by atomic mass is 10.2. The molecule has 0 fully saturated rings. The van der Waals surface area contributed by atoms with Crippen LogP contribution < -0.4 is 10.1 Å². The van der Waals surface area contributed by atoms with Crippen molar-refractivity contribution in [2.75, 3.05) is 13.7 Å². The van der Waals surface area contributed by atoms with Crippen LogP contribution in [-0.4, -0.2) is 13.7 Å². The molecule has 0 bridgehead atoms. The summed E-state index contributed by atoms with van der Waals surface area (Å²) in [6, 6.07) is 12.3. The molecule has 17 heavy (non-hydrogen) atoms. The summed E-state index contributed by atoms with van der Waals surface area (Å²) in [6.45, 7) is 2.79. The number of ether oxygens (including phenoxy) is 1. The fraction of sp³-hybridized carbons (Fsp3) is 0.286. The molecule has 0 aliphatic heterocycles. The minimum absolute atomic E-state index is 0.259. The van der Waals surface area contributed by atoms with E-state index in [1.54, 1.807) is 11.3 Å². The molecule has 2 rings (SSSR count). The summed E-state index contributed by atoms with van der Waals surface area (Å²) in [5.74, 6) is 0.918. The van der Waals surface area contributed by atoms with E-state index in [0.717, 1.165) is 5.75 Å². The molecule has 1 aromatic heterocycles. The molecule has 1 N–H and O–H groups in total. The Morgan fingerprint density at radius 1 is 1.24 bits per heavy atom. The molecule has 0 aliphatic carbocycles. The van der Waals surface area contributed by atoms with E-state index in [0.29, 0.717) is 6.61 Å². The first-order chi connectivity index (χ1) is 8.31. The number of benzene rings is 1. The maximum Gasteiger partial charge on any atom is 0.119 e. The Bertz CT molecular complexity index is 452. The standard InChI is InChI=1S/C14H17NOS/c1-11-8-9-17-14(11)13(15-2)10-16-12-6-4-3-5-7-12/h3-9,13,15H,10H2,1-2H3. The van der Waals surface area contributed by atoms with Crippen molar-refractivity contribution in [3.63, 3.8) is 0 Å². The summed E-state index contributed by atoms with van der Waals surface area (Å²) in [6.07, 6.45) is 0. The lowest BCUT2D eigenvalue weighted by Crippen LogP contribution is -2.23. The van der Waals surface area contributed by atoms with E-state index in [1.807, 2.05) is 37.4 Å². The first-order valence-electron chi connectivity index (χ1n) is 5.70. The Kier molecular flexibility index (Phi) is 4.18. The van der Waals surface area contributed by atoms with Crippen LogP contribution in [0.25, 0.3) is 0 Å². The number of para-hydroxylation sites is 1. The minimum Gasteiger partial charge on any atom is -0.492 e. The van der Waals surface area contributed by atoms with E-state index in [1.165, 1.54) is 10.4 Å². The molecular weight excluding hydrogens is 230 g/mol. The number of aryl methyl sites for hydroxylation is 1. The van der Waals surface area contributed by atoms with Crippen LogP contribution in [0.4, 0.5) is 0 Å². The van der Waals surface area contributed by atoms with Gasteiger partial charge in [-0.1, -0.05) is 18.2 Å². The second-order valence-electron chi connectivity index (χ2n) is 3.93. The predicted octanol–water partition coefficient (Wildman–Crippen LogP) is 3.40. The van der Waals surface area contributed by atoms with Crippen molar-refractivity contribution in [2.45, 2.75) is 13.0 Å². The quantitative estimate of drug-likeness (QED) is 0.874. The van der Waals surface area contributed by atoms with Crippen LogP contribution in [0, 0.1) is 6.92 Å². The Balaban J connectivity index is 2.00. The van der Waals surface area contributed by atoms with Crippen molar-refractivity contribution in [3.05, 3.63) is 52.2 Å². The number of hydrogen-bond acceptors (Lipinski definition) is 3. The van der Waals surface area contributed by atoms with Crippen LogP contribution in [0.2, 0.25) is 0 Å². The van der Waals surface area contributed by atoms with Gasteiger partial charge in [0.05, 0.1) is 6.04 Å². The zero-order chi connectivity index (χ0) is 12.1. The van der Waals surface area contributed by atoms with Gasteiger partial charge in [0.2, 0.25) is 0 Å². The lowest BCUT2D eigenvalue weighted by molar-refractivity contribution is 0.274. The molecule has 2 aromatic rings. The first-order valence-corrected chi connectivity index (χ1v) is 6.58. The van der Waals surface area contributed by atoms with Crippen LogP contribution in [0.5, 0.6) is 5.75 Å². The topological polar surface area (TPSA) is 21.3 Å². The molecule has 1 heterocycles. The third-order valence-electron chi connectivity index (χ3n) is 2.73. The van der Waals surface area contributed by atoms with Crippen molar-refractivity contribution in [2.24, 2.45) is 0 Å². The number of likely N-dealkylation sites (N-methyl/N-ethyl adjacent to an activating group) is 1. The molecule has 3 heteroatoms. The molecule has 0 saturated carbocycles. The molecule has 1 aromatic carbocycles. The van der Waals surface area contributed by atoms with Gasteiger partial charge in [-0.3, -0.25) is 0 Å². The highest BCUT2D eigenvalue weighted by atomic mass is 32.1. The van der Waals surface area contributed by atoms with Crippen LogP contribution in [-0.2, 0) is 0 Å². The van der Waals surface area contributed by atoms with E-state index < -0.39 is 0 Å². The van der Waals surface area contributed by atoms with Gasteiger partial charge in [-0.05, 0) is 43.1 Å². The molecule has 2 nitrogen and oxygen atoms in total. The van der Waals surface area contributed by atoms with E-state index in [4.69, 9.17) is 4.74 Å². The van der Waals surface area contributed by atoms with Crippen molar-refractivity contribution < 1.29 is 4.74 Å². The lowest BCUT2D eigenvalue weighted by Gasteiger charge is -2.16. The summed E-state index contributed by atoms with van der Waals surface area (Å²) >= 11 is 1.77. The highest BCUT2D eigenvalue weighted by molar-refractivity contribution is 7.10. The molecule has 1 atom stereocenters. The minimum atomic E-state index is 0.259. The van der Waals surface area contributed by atoms with Gasteiger partial charge in [-0.15, -0.1) is 11.3 Å². The maximum absolute atomic E-state index is 5.78. The number of hydrogen-bond donors (Lipinski definition) is 1. The van der Waals surface area contributed by atoms with Crippen LogP contribution in [0.15, 0.2) is 41.8 Å². The average Bonchev–Trinajstić information content (AvgIpc) is 2.78. The van der Waals surface area contributed by atoms with Crippen LogP contribution in [0.1, 0.15) is 16.5 Å². The van der Waals surface area contributed by atoms with Crippen molar-refractivity contribution in [3.8, 4) is 5.75 Å². The average molecular weight is 247 g/mol. The first kappa shape index (κ1) is 12.1. The fourth-order valence-electron chi connectivity index (χ4n) is 1.73. The molecule has 0 spiro atoms. The summed E-state index contributed by atoms with van der Waals surface area (Å²) in [4.78, 5) is 1.35. The highest BCUT2D eigenvalue weighted by Crippen LogP contribution is 2.24. The van der Waals surface area contributed by atoms with E-state index in [9.17, 15) is 0 Å². The molecule has 0 amide bonds. The normalized spacial score (nSPS) is 12.4. The van der Waals surface area contributed by atoms with Gasteiger partial charge < -0.3 is 10.1 Å². The Hall–Kier alpha value is -1.32. The van der Waals surface area contributed by atoms with E-state index in [2.05, 4.69) is 23.7 Å². The van der Waals surface area contributed by atoms with Gasteiger partial charge in [0.15, 0.2) is 0 Å². The Labute approximate surface area is 106 Å². The zero-order valence-corrected chi connectivity index (χ0v) is 11.0. The molecule has 0 radical (unpaired) electrons. The van der Waals surface area contributed by atoms with Crippen molar-refractivity contribution in [1.29, 1.82) is 0 Å². The summed E-state index contributed by atoms with van der Waals surface area (Å²) in [7, 11) is 1.97. The largest absolute Gasteiger partial charge is 0.492 e. The van der Waals surface area contributed by atoms with Gasteiger partial charge in [-0.2, -0.15) is 0 Å². The zero-order valence-electron chi connectivity index (χ0n) is 10.1. The van der Waals surface area contributed by atoms with Crippen LogP contribution >= 0.6 is 11.3 Å². The SMILES string of the molecule is CNC(COc1ccccc1)c1sccc1C. The number of thiophene rings is 1. The summed E-state index contributed by atoms with van der Waals surface area (Å²) < 4.78 is 5.78. The number of rotatable bonds is 5. The van der Waals surface area contributed by atoms with Crippen molar-refractivity contribution in [1.82, 2.24) is 5.32 Å². The second-order valence-corrected chi connectivity index (χ2v) is 4.88. The molecule has 1 unspecified atom stereocenters. The summed E-state index contributed by atoms with van der Waals surface area (Å²) in [5, 5.41) is 5.42. The number of nitrogens with one attached hydrogen (secondary N) is 1. The Morgan fingerprint density at radius 2 is 2.00 bits per heavy atom. The maximum atomic E-state index is 5.78. The fourth-order valence-corrected chi connectivity index (χ4v) is 2.75. The van der Waals surface area contributed by atoms with Crippen LogP contribution in [0.3, 0.4) is 0 Å². The third kappa shape index (κ3) is 3.08. The van der Waals surface area contributed by atoms with Gasteiger partial charge >= 0.3 is 0 Å². The van der Waals surface area contributed by atoms with Gasteiger partial charge in [-0.25, -0.2) is 0 Å². The molecule has 0 aliphatic rings. The van der Waals surface area contributed by atoms with E-state index in [-0.39, 0.29) is 6.04 Å². The van der Waals surface area contributed by atoms with Gasteiger partial charge in [0.25, 0.3) is 0 Å². The summed E-state index contributed by atoms with van der Waals surface area (Å²) in [5.41, 5.74) is 1.33. The van der Waals surface area contributed by atoms with Gasteiger partial charge in [0.1, 0.15) is 12.4 Å². The van der Waals surface area contributed by atoms with Gasteiger partial charge in [0, 0.05) is 4.88 Å². The second kappa shape index (κ2) is 5.84. The Morgan fingerprint density at radius 3 is 2.59 bits per heavy atom. The highest BCUT2D eigenvalue weighted by Gasteiger charge is 2.13. The predicted molar refractivity (Wildman–Crippen MR) is 72.8 cm³/mol. The smallest absolute Gasteiger partial charge is 0.119 e. The van der Waals surface area contributed by atoms with E-state index >= 15 is 0 Å². The monoisotopic (exact) mass is 247 g/mol. The van der Waals surface area contributed by atoms with Crippen molar-refractivity contribution >= 4 is 11.3 Å².